The fourth-order valence-corrected chi connectivity index (χ4v) is 2.91. The Morgan fingerprint density at radius 2 is 1.88 bits per heavy atom. The van der Waals surface area contributed by atoms with Crippen LogP contribution in [0, 0.1) is 0 Å². The van der Waals surface area contributed by atoms with Gasteiger partial charge in [-0.05, 0) is 35.7 Å². The van der Waals surface area contributed by atoms with Crippen molar-refractivity contribution in [2.45, 2.75) is 25.9 Å². The van der Waals surface area contributed by atoms with Gasteiger partial charge in [0.25, 0.3) is 5.91 Å². The highest BCUT2D eigenvalue weighted by Crippen LogP contribution is 2.19. The Labute approximate surface area is 149 Å². The average Bonchev–Trinajstić information content (AvgIpc) is 2.67. The van der Waals surface area contributed by atoms with Crippen LogP contribution in [0.4, 0.5) is 0 Å². The number of carbonyl (C=O) groups excluding carboxylic acids is 1. The van der Waals surface area contributed by atoms with Crippen molar-refractivity contribution < 1.29 is 14.3 Å². The van der Waals surface area contributed by atoms with E-state index < -0.39 is 0 Å². The van der Waals surface area contributed by atoms with Crippen LogP contribution in [0.5, 0.6) is 5.75 Å². The Balaban J connectivity index is 1.54. The normalized spacial score (nSPS) is 17.6. The molecule has 0 saturated carbocycles. The first-order valence-corrected chi connectivity index (χ1v) is 8.82. The van der Waals surface area contributed by atoms with Crippen LogP contribution in [-0.4, -0.2) is 43.2 Å². The minimum absolute atomic E-state index is 0.0511. The number of nitrogens with zero attached hydrogens (tertiary/aromatic N) is 1. The summed E-state index contributed by atoms with van der Waals surface area (Å²) in [5.74, 6) is 1.39. The van der Waals surface area contributed by atoms with Crippen LogP contribution in [0.15, 0.2) is 54.6 Å². The summed E-state index contributed by atoms with van der Waals surface area (Å²) in [6.07, 6.45) is -0.105. The van der Waals surface area contributed by atoms with Crippen molar-refractivity contribution >= 4 is 5.91 Å². The third-order valence-electron chi connectivity index (χ3n) is 4.43. The van der Waals surface area contributed by atoms with Gasteiger partial charge in [0.2, 0.25) is 0 Å². The Kier molecular flexibility index (Phi) is 5.71. The second-order valence-electron chi connectivity index (χ2n) is 6.64. The van der Waals surface area contributed by atoms with Crippen molar-refractivity contribution in [3.05, 3.63) is 65.7 Å². The lowest BCUT2D eigenvalue weighted by atomic mass is 10.0. The molecule has 1 heterocycles. The Bertz CT molecular complexity index is 682. The van der Waals surface area contributed by atoms with Crippen LogP contribution in [0.2, 0.25) is 0 Å². The maximum absolute atomic E-state index is 12.6. The predicted octanol–water partition coefficient (Wildman–Crippen LogP) is 3.73. The fraction of sp³-hybridized carbons (Fsp3) is 0.381. The van der Waals surface area contributed by atoms with Crippen LogP contribution in [0.1, 0.15) is 35.7 Å². The summed E-state index contributed by atoms with van der Waals surface area (Å²) in [5.41, 5.74) is 2.01. The predicted molar refractivity (Wildman–Crippen MR) is 98.1 cm³/mol. The zero-order chi connectivity index (χ0) is 17.6. The molecule has 0 aliphatic carbocycles. The molecule has 132 valence electrons. The average molecular weight is 339 g/mol. The van der Waals surface area contributed by atoms with Gasteiger partial charge >= 0.3 is 0 Å². The van der Waals surface area contributed by atoms with Crippen molar-refractivity contribution in [3.8, 4) is 5.75 Å². The van der Waals surface area contributed by atoms with E-state index in [1.54, 1.807) is 0 Å². The number of hydrogen-bond donors (Lipinski definition) is 0. The standard InChI is InChI=1S/C21H25NO3/c1-16(2)17-8-10-19(11-9-17)25-15-20-14-22(12-13-24-20)21(23)18-6-4-3-5-7-18/h3-11,16,20H,12-15H2,1-2H3/t20-/m0/s1. The maximum Gasteiger partial charge on any atom is 0.254 e. The molecule has 1 atom stereocenters. The first kappa shape index (κ1) is 17.5. The monoisotopic (exact) mass is 339 g/mol. The summed E-state index contributed by atoms with van der Waals surface area (Å²) < 4.78 is 11.6. The molecule has 1 fully saturated rings. The number of hydrogen-bond acceptors (Lipinski definition) is 3. The van der Waals surface area contributed by atoms with Crippen LogP contribution >= 0.6 is 0 Å². The van der Waals surface area contributed by atoms with E-state index in [1.807, 2.05) is 47.4 Å². The number of morpholine rings is 1. The lowest BCUT2D eigenvalue weighted by Gasteiger charge is -2.33. The van der Waals surface area contributed by atoms with Gasteiger partial charge in [0.05, 0.1) is 13.2 Å². The second kappa shape index (κ2) is 8.17. The Morgan fingerprint density at radius 3 is 2.56 bits per heavy atom. The molecule has 0 spiro atoms. The van der Waals surface area contributed by atoms with E-state index >= 15 is 0 Å². The molecule has 4 heteroatoms. The number of carbonyl (C=O) groups is 1. The minimum atomic E-state index is -0.105. The molecule has 1 aliphatic heterocycles. The van der Waals surface area contributed by atoms with Crippen molar-refractivity contribution in [2.75, 3.05) is 26.3 Å². The van der Waals surface area contributed by atoms with E-state index in [9.17, 15) is 4.79 Å². The molecule has 2 aromatic rings. The molecule has 1 aliphatic rings. The van der Waals surface area contributed by atoms with Crippen LogP contribution in [-0.2, 0) is 4.74 Å². The topological polar surface area (TPSA) is 38.8 Å². The summed E-state index contributed by atoms with van der Waals surface area (Å²) in [7, 11) is 0. The fourth-order valence-electron chi connectivity index (χ4n) is 2.91. The van der Waals surface area contributed by atoms with Crippen LogP contribution in [0.25, 0.3) is 0 Å². The summed E-state index contributed by atoms with van der Waals surface area (Å²) in [5, 5.41) is 0. The number of ether oxygens (including phenoxy) is 2. The highest BCUT2D eigenvalue weighted by molar-refractivity contribution is 5.94. The van der Waals surface area contributed by atoms with Gasteiger partial charge in [0.1, 0.15) is 18.5 Å². The molecule has 1 saturated heterocycles. The first-order chi connectivity index (χ1) is 12.1. The van der Waals surface area contributed by atoms with Crippen LogP contribution < -0.4 is 4.74 Å². The van der Waals surface area contributed by atoms with Gasteiger partial charge in [-0.1, -0.05) is 44.2 Å². The van der Waals surface area contributed by atoms with Crippen molar-refractivity contribution in [2.24, 2.45) is 0 Å². The van der Waals surface area contributed by atoms with Crippen molar-refractivity contribution in [1.29, 1.82) is 0 Å². The lowest BCUT2D eigenvalue weighted by Crippen LogP contribution is -2.47. The number of rotatable bonds is 5. The third kappa shape index (κ3) is 4.60. The van der Waals surface area contributed by atoms with E-state index in [1.165, 1.54) is 5.56 Å². The van der Waals surface area contributed by atoms with Gasteiger partial charge in [0, 0.05) is 12.1 Å². The third-order valence-corrected chi connectivity index (χ3v) is 4.43. The van der Waals surface area contributed by atoms with Gasteiger partial charge in [0.15, 0.2) is 0 Å². The summed E-state index contributed by atoms with van der Waals surface area (Å²) in [4.78, 5) is 14.4. The zero-order valence-corrected chi connectivity index (χ0v) is 14.9. The largest absolute Gasteiger partial charge is 0.491 e. The highest BCUT2D eigenvalue weighted by atomic mass is 16.5. The molecule has 0 radical (unpaired) electrons. The molecule has 2 aromatic carbocycles. The van der Waals surface area contributed by atoms with E-state index in [4.69, 9.17) is 9.47 Å². The molecule has 1 amide bonds. The lowest BCUT2D eigenvalue weighted by molar-refractivity contribution is -0.0401. The molecule has 4 nitrogen and oxygen atoms in total. The molecular weight excluding hydrogens is 314 g/mol. The Hall–Kier alpha value is -2.33. The number of benzene rings is 2. The van der Waals surface area contributed by atoms with E-state index in [0.717, 1.165) is 5.75 Å². The highest BCUT2D eigenvalue weighted by Gasteiger charge is 2.25. The smallest absolute Gasteiger partial charge is 0.254 e. The summed E-state index contributed by atoms with van der Waals surface area (Å²) >= 11 is 0. The summed E-state index contributed by atoms with van der Waals surface area (Å²) in [6.45, 7) is 6.50. The molecule has 0 bridgehead atoms. The molecule has 25 heavy (non-hydrogen) atoms. The van der Waals surface area contributed by atoms with Gasteiger partial charge in [-0.2, -0.15) is 0 Å². The van der Waals surface area contributed by atoms with Crippen molar-refractivity contribution in [3.63, 3.8) is 0 Å². The van der Waals surface area contributed by atoms with Gasteiger partial charge in [-0.25, -0.2) is 0 Å². The van der Waals surface area contributed by atoms with Crippen molar-refractivity contribution in [1.82, 2.24) is 4.90 Å². The van der Waals surface area contributed by atoms with Crippen LogP contribution in [0.3, 0.4) is 0 Å². The maximum atomic E-state index is 12.6. The molecule has 3 rings (SSSR count). The SMILES string of the molecule is CC(C)c1ccc(OC[C@@H]2CN(C(=O)c3ccccc3)CCO2)cc1. The van der Waals surface area contributed by atoms with E-state index in [0.29, 0.717) is 37.8 Å². The van der Waals surface area contributed by atoms with E-state index in [2.05, 4.69) is 26.0 Å². The quantitative estimate of drug-likeness (QED) is 0.833. The van der Waals surface area contributed by atoms with Gasteiger partial charge < -0.3 is 14.4 Å². The van der Waals surface area contributed by atoms with Gasteiger partial charge in [-0.15, -0.1) is 0 Å². The van der Waals surface area contributed by atoms with Gasteiger partial charge in [-0.3, -0.25) is 4.79 Å². The molecular formula is C21H25NO3. The summed E-state index contributed by atoms with van der Waals surface area (Å²) in [6, 6.07) is 17.5. The minimum Gasteiger partial charge on any atom is -0.491 e. The molecule has 0 aromatic heterocycles. The number of amides is 1. The zero-order valence-electron chi connectivity index (χ0n) is 14.9. The first-order valence-electron chi connectivity index (χ1n) is 8.82. The van der Waals surface area contributed by atoms with E-state index in [-0.39, 0.29) is 12.0 Å². The second-order valence-corrected chi connectivity index (χ2v) is 6.64. The Morgan fingerprint density at radius 1 is 1.16 bits per heavy atom. The molecule has 0 N–H and O–H groups in total. The molecule has 0 unspecified atom stereocenters.